The summed E-state index contributed by atoms with van der Waals surface area (Å²) in [6.07, 6.45) is -3.11. The first-order chi connectivity index (χ1) is 29.0. The fourth-order valence-corrected chi connectivity index (χ4v) is 8.89. The molecule has 314 valence electrons. The number of hydrogen-bond acceptors (Lipinski definition) is 14. The van der Waals surface area contributed by atoms with Gasteiger partial charge in [-0.15, -0.1) is 0 Å². The second-order valence-corrected chi connectivity index (χ2v) is 15.3. The van der Waals surface area contributed by atoms with Crippen molar-refractivity contribution in [2.75, 3.05) is 14.2 Å². The van der Waals surface area contributed by atoms with E-state index in [0.29, 0.717) is 36.0 Å². The fourth-order valence-electron chi connectivity index (χ4n) is 8.89. The maximum atomic E-state index is 12.6. The Morgan fingerprint density at radius 3 is 2.55 bits per heavy atom. The van der Waals surface area contributed by atoms with E-state index in [2.05, 4.69) is 10.3 Å². The summed E-state index contributed by atoms with van der Waals surface area (Å²) in [4.78, 5) is 27.2. The number of carbonyl (C=O) groups is 2. The molecule has 0 unspecified atom stereocenters. The predicted octanol–water partition coefficient (Wildman–Crippen LogP) is 2.60. The molecule has 10 atom stereocenters. The molecule has 17 heteroatoms. The van der Waals surface area contributed by atoms with Crippen molar-refractivity contribution in [1.82, 2.24) is 14.9 Å². The Hall–Kier alpha value is -6.24. The van der Waals surface area contributed by atoms with Crippen molar-refractivity contribution in [3.05, 3.63) is 114 Å². The minimum Gasteiger partial charge on any atom is -0.493 e. The minimum absolute atomic E-state index is 0.164. The van der Waals surface area contributed by atoms with Gasteiger partial charge in [-0.05, 0) is 41.6 Å². The minimum atomic E-state index is -2.08. The van der Waals surface area contributed by atoms with Gasteiger partial charge < -0.3 is 74.2 Å². The molecule has 1 fully saturated rings. The number of fused-ring (bicyclic) bond motifs is 6. The monoisotopic (exact) mass is 824 g/mol. The van der Waals surface area contributed by atoms with Crippen LogP contribution in [0.25, 0.3) is 10.9 Å². The number of nitrogens with two attached hydrogens (primary N) is 1. The van der Waals surface area contributed by atoms with E-state index in [9.17, 15) is 30.0 Å². The molecular weight excluding hydrogens is 780 g/mol. The van der Waals surface area contributed by atoms with Crippen molar-refractivity contribution in [3.8, 4) is 28.7 Å². The third-order valence-corrected chi connectivity index (χ3v) is 11.6. The van der Waals surface area contributed by atoms with E-state index in [4.69, 9.17) is 38.9 Å². The normalized spacial score (nSPS) is 28.7. The van der Waals surface area contributed by atoms with Crippen molar-refractivity contribution < 1.29 is 63.2 Å². The summed E-state index contributed by atoms with van der Waals surface area (Å²) in [6, 6.07) is 19.2. The molecule has 2 aromatic heterocycles. The molecule has 17 nitrogen and oxygen atoms in total. The predicted molar refractivity (Wildman–Crippen MR) is 211 cm³/mol. The standard InChI is InChI=1S/C43H44N4O13/c1-54-27-9-8-25-33-28(14-21-6-4-3-5-7-21)57-29-16-24(15-23(19-47-18-22-10-12-45-26(22)20-47)32(29)38(33)59-36(25)37(27)55-2)56-42-35(52)34(51)39(53)43(60-42)11-13-46-41(44)40(43)58-31(50)17-30(48)49/h3-13,15-16,18,20,28,33-35,38-42,45-46,51-53H,14,17,19,44H2,1-2H3,(H,48,49)/t28-,33-,34-,35-,38+,39+,40-,41+,42-,43+/m1/s1. The Bertz CT molecular complexity index is 2420. The van der Waals surface area contributed by atoms with Crippen molar-refractivity contribution in [1.29, 1.82) is 0 Å². The molecule has 0 aliphatic carbocycles. The number of hydrogen-bond donors (Lipinski definition) is 7. The third kappa shape index (κ3) is 6.73. The second kappa shape index (κ2) is 15.4. The molecule has 5 aromatic rings. The van der Waals surface area contributed by atoms with Gasteiger partial charge in [-0.1, -0.05) is 36.4 Å². The summed E-state index contributed by atoms with van der Waals surface area (Å²) in [7, 11) is 3.13. The average molecular weight is 825 g/mol. The number of aliphatic hydroxyl groups is 3. The smallest absolute Gasteiger partial charge is 0.317 e. The number of benzene rings is 3. The van der Waals surface area contributed by atoms with E-state index in [-0.39, 0.29) is 11.7 Å². The van der Waals surface area contributed by atoms with Crippen molar-refractivity contribution >= 4 is 22.8 Å². The summed E-state index contributed by atoms with van der Waals surface area (Å²) >= 11 is 0. The highest BCUT2D eigenvalue weighted by atomic mass is 16.7. The van der Waals surface area contributed by atoms with Gasteiger partial charge in [0.25, 0.3) is 0 Å². The quantitative estimate of drug-likeness (QED) is 0.0749. The molecule has 0 bridgehead atoms. The van der Waals surface area contributed by atoms with Gasteiger partial charge in [-0.2, -0.15) is 0 Å². The van der Waals surface area contributed by atoms with Crippen LogP contribution in [-0.4, -0.2) is 105 Å². The lowest BCUT2D eigenvalue weighted by Crippen LogP contribution is -2.74. The SMILES string of the molecule is COc1ccc2c(c1OC)O[C@H]1c3c(Cn4cc5cc[nH]c5c4)cc(O[C@@H]4O[C@@]5(C=CN[C@H](N)[C@H]5OC(=O)CC(=O)O)[C@@H](O)[C@H](O)[C@H]4O)cc3O[C@H](Cc3ccccc3)[C@@H]21. The third-order valence-electron chi connectivity index (χ3n) is 11.6. The maximum Gasteiger partial charge on any atom is 0.317 e. The molecule has 1 saturated heterocycles. The molecule has 6 heterocycles. The Morgan fingerprint density at radius 1 is 0.983 bits per heavy atom. The molecule has 9 rings (SSSR count). The lowest BCUT2D eigenvalue weighted by atomic mass is 9.79. The second-order valence-electron chi connectivity index (χ2n) is 15.3. The van der Waals surface area contributed by atoms with Gasteiger partial charge in [0.1, 0.15) is 54.6 Å². The van der Waals surface area contributed by atoms with Crippen molar-refractivity contribution in [2.24, 2.45) is 5.73 Å². The van der Waals surface area contributed by atoms with Gasteiger partial charge in [0.2, 0.25) is 12.0 Å². The van der Waals surface area contributed by atoms with E-state index in [0.717, 1.165) is 33.2 Å². The van der Waals surface area contributed by atoms with E-state index >= 15 is 0 Å². The number of aromatic nitrogens is 2. The average Bonchev–Trinajstić information content (AvgIpc) is 3.94. The number of H-pyrrole nitrogens is 1. The lowest BCUT2D eigenvalue weighted by molar-refractivity contribution is -0.321. The highest BCUT2D eigenvalue weighted by Crippen LogP contribution is 2.59. The van der Waals surface area contributed by atoms with Crippen LogP contribution in [0.3, 0.4) is 0 Å². The molecule has 0 amide bonds. The largest absolute Gasteiger partial charge is 0.493 e. The molecule has 8 N–H and O–H groups in total. The molecule has 60 heavy (non-hydrogen) atoms. The number of carbonyl (C=O) groups excluding carboxylic acids is 1. The number of nitrogens with one attached hydrogen (secondary N) is 2. The Kier molecular flexibility index (Phi) is 10.1. The Balaban J connectivity index is 1.14. The molecule has 4 aliphatic rings. The highest BCUT2D eigenvalue weighted by molar-refractivity contribution is 5.90. The first-order valence-corrected chi connectivity index (χ1v) is 19.4. The van der Waals surface area contributed by atoms with Crippen molar-refractivity contribution in [2.45, 2.75) is 80.0 Å². The van der Waals surface area contributed by atoms with E-state index in [1.165, 1.54) is 12.3 Å². The zero-order valence-corrected chi connectivity index (χ0v) is 32.5. The van der Waals surface area contributed by atoms with Gasteiger partial charge in [0.15, 0.2) is 23.2 Å². The zero-order valence-electron chi connectivity index (χ0n) is 32.5. The number of esters is 1. The lowest BCUT2D eigenvalue weighted by Gasteiger charge is -2.52. The molecule has 4 aliphatic heterocycles. The van der Waals surface area contributed by atoms with Gasteiger partial charge in [-0.3, -0.25) is 9.59 Å². The van der Waals surface area contributed by atoms with Crippen LogP contribution in [0.15, 0.2) is 91.5 Å². The first-order valence-electron chi connectivity index (χ1n) is 19.4. The number of rotatable bonds is 11. The molecule has 1 spiro atoms. The van der Waals surface area contributed by atoms with Gasteiger partial charge >= 0.3 is 11.9 Å². The molecule has 0 saturated carbocycles. The van der Waals surface area contributed by atoms with Gasteiger partial charge in [-0.25, -0.2) is 0 Å². The summed E-state index contributed by atoms with van der Waals surface area (Å²) in [5.74, 6) is -0.775. The number of carboxylic acids is 1. The summed E-state index contributed by atoms with van der Waals surface area (Å²) in [5.41, 5.74) is 8.52. The van der Waals surface area contributed by atoms with E-state index in [1.54, 1.807) is 26.4 Å². The number of aliphatic hydroxyl groups excluding tert-OH is 3. The number of aromatic amines is 1. The Morgan fingerprint density at radius 2 is 1.80 bits per heavy atom. The van der Waals surface area contributed by atoms with Crippen LogP contribution >= 0.6 is 0 Å². The molecule has 0 radical (unpaired) electrons. The molecule has 3 aromatic carbocycles. The van der Waals surface area contributed by atoms with Gasteiger partial charge in [0.05, 0.1) is 25.7 Å². The number of nitrogens with zero attached hydrogens (tertiary/aromatic N) is 1. The van der Waals surface area contributed by atoms with E-state index in [1.807, 2.05) is 71.7 Å². The number of aliphatic carboxylic acids is 1. The topological polar surface area (TPSA) is 238 Å². The van der Waals surface area contributed by atoms with Crippen LogP contribution in [0.2, 0.25) is 0 Å². The Labute approximate surface area is 342 Å². The van der Waals surface area contributed by atoms with Crippen LogP contribution in [0, 0.1) is 0 Å². The fraction of sp³-hybridized carbons (Fsp3) is 0.349. The van der Waals surface area contributed by atoms with Crippen molar-refractivity contribution in [3.63, 3.8) is 0 Å². The maximum absolute atomic E-state index is 12.6. The number of carboxylic acid groups (broad SMARTS) is 1. The number of ether oxygens (including phenoxy) is 7. The summed E-state index contributed by atoms with van der Waals surface area (Å²) in [6.45, 7) is 0.322. The number of methoxy groups -OCH3 is 2. The van der Waals surface area contributed by atoms with Crippen LogP contribution in [0.4, 0.5) is 0 Å². The highest BCUT2D eigenvalue weighted by Gasteiger charge is 2.61. The summed E-state index contributed by atoms with van der Waals surface area (Å²) in [5, 5.41) is 47.0. The first kappa shape index (κ1) is 39.2. The summed E-state index contributed by atoms with van der Waals surface area (Å²) < 4.78 is 45.5. The van der Waals surface area contributed by atoms with Crippen LogP contribution in [0.1, 0.15) is 40.7 Å². The van der Waals surface area contributed by atoms with Crippen LogP contribution in [0.5, 0.6) is 28.7 Å². The zero-order chi connectivity index (χ0) is 41.9. The van der Waals surface area contributed by atoms with Crippen LogP contribution < -0.4 is 34.7 Å². The van der Waals surface area contributed by atoms with E-state index < -0.39 is 73.0 Å². The van der Waals surface area contributed by atoms with Crippen LogP contribution in [-0.2, 0) is 32.0 Å². The molecular formula is C43H44N4O13. The van der Waals surface area contributed by atoms with Gasteiger partial charge in [0, 0.05) is 54.1 Å².